The molecular formula is C128H187ClN6O11S. The van der Waals surface area contributed by atoms with Gasteiger partial charge in [0.25, 0.3) is 9.05 Å². The zero-order chi connectivity index (χ0) is 104. The minimum Gasteiger partial charge on any atom is -0.393 e. The number of benzene rings is 1. The lowest BCUT2D eigenvalue weighted by atomic mass is 9.43. The van der Waals surface area contributed by atoms with Gasteiger partial charge in [0.2, 0.25) is 0 Å². The van der Waals surface area contributed by atoms with E-state index in [2.05, 4.69) is 151 Å². The minimum absolute atomic E-state index is 0.0205. The van der Waals surface area contributed by atoms with Crippen molar-refractivity contribution in [1.29, 1.82) is 31.6 Å². The van der Waals surface area contributed by atoms with Crippen LogP contribution in [-0.2, 0) is 18.5 Å². The van der Waals surface area contributed by atoms with Crippen LogP contribution >= 0.6 is 10.7 Å². The van der Waals surface area contributed by atoms with Gasteiger partial charge >= 0.3 is 0 Å². The topological polar surface area (TPSA) is 344 Å². The fourth-order valence-electron chi connectivity index (χ4n) is 46.2. The van der Waals surface area contributed by atoms with E-state index >= 15 is 0 Å². The van der Waals surface area contributed by atoms with Gasteiger partial charge in [-0.25, -0.2) is 8.42 Å². The second-order valence-electron chi connectivity index (χ2n) is 59.3. The number of hydrogen-bond donors (Lipinski definition) is 7. The van der Waals surface area contributed by atoms with Gasteiger partial charge in [-0.15, -0.1) is 0 Å². The van der Waals surface area contributed by atoms with Crippen LogP contribution in [-0.4, -0.2) is 111 Å². The first-order chi connectivity index (χ1) is 69.8. The predicted molar refractivity (Wildman–Crippen MR) is 570 cm³/mol. The highest BCUT2D eigenvalue weighted by Crippen LogP contribution is 2.77. The SMILES string of the molecule is C[C@@H]1CC[C@@]2(C)[C@@H](CC[C@@H]3[C@@H]2[C@@H](O)C[C@]2(C)[C@@H](C#N)CC[C@@H]32)C1.C[C@]12CC=CC[C@@H]1CC[C@@H]1[C@@H]2[C@@H](O)C[C@]2(C)[C@@H](C#N)CC[C@@H]12.C[C@]12CCC=C[C@@H]1CC[C@@H]1[C@@H]2[C@@H](O)C[C@]2(C)[C@@H](C#N)CC[C@@H]12.C[C@]12CC[C@@H](O)C[C@@H]1CC[C@@H]1[C@@H]2[C@@H](O)C[C@]2(C)[C@@H](C#N)CC[C@@H]12.C[C@]12CC[C@H]3O[C@H]3[C@@H]1CC[C@@H]1[C@@H]2[C@@H](O)C[C@]2(C)[C@@H](C#N)CC[C@@H]12.C[C@]12C[C@H]3O[C@H]3C[C@@H]1CC[C@@H]1[C@@H]2[C@@H](O)C[C@]2(C)[C@@H](C#N)CC[C@@H]12.Cc1ccc(S(=O)(=O)Cl)cc1. The van der Waals surface area contributed by atoms with Gasteiger partial charge < -0.3 is 45.2 Å². The number of nitrogens with zero attached hydrogens (tertiary/aromatic N) is 6. The lowest BCUT2D eigenvalue weighted by Gasteiger charge is -2.62. The van der Waals surface area contributed by atoms with E-state index in [9.17, 15) is 75.7 Å². The van der Waals surface area contributed by atoms with Crippen molar-refractivity contribution in [3.63, 3.8) is 0 Å². The van der Waals surface area contributed by atoms with Crippen molar-refractivity contribution in [3.05, 3.63) is 54.1 Å². The molecule has 17 nitrogen and oxygen atoms in total. The second kappa shape index (κ2) is 39.6. The Kier molecular flexibility index (Phi) is 29.1. The maximum Gasteiger partial charge on any atom is 0.261 e. The van der Waals surface area contributed by atoms with Crippen LogP contribution in [0, 0.1) is 323 Å². The molecule has 2 aliphatic heterocycles. The molecule has 2 saturated heterocycles. The minimum atomic E-state index is -3.55. The average Bonchev–Trinajstić information content (AvgIpc) is 1.56. The summed E-state index contributed by atoms with van der Waals surface area (Å²) >= 11 is 0. The lowest BCUT2D eigenvalue weighted by molar-refractivity contribution is -0.175. The Morgan fingerprint density at radius 3 is 1.08 bits per heavy atom. The molecular weight excluding hydrogens is 1860 g/mol. The Bertz CT molecular complexity index is 5220. The molecule has 24 aliphatic carbocycles. The van der Waals surface area contributed by atoms with Crippen LogP contribution in [0.15, 0.2) is 53.5 Å². The van der Waals surface area contributed by atoms with E-state index in [-0.39, 0.29) is 143 Å². The fraction of sp³-hybridized carbons (Fsp3) is 0.875. The average molecular weight is 2050 g/mol. The van der Waals surface area contributed by atoms with Crippen LogP contribution in [0.5, 0.6) is 0 Å². The third-order valence-electron chi connectivity index (χ3n) is 53.6. The maximum atomic E-state index is 11.2. The van der Waals surface area contributed by atoms with Gasteiger partial charge in [-0.05, 0) is 508 Å². The molecule has 1 aromatic rings. The van der Waals surface area contributed by atoms with Crippen molar-refractivity contribution in [1.82, 2.24) is 0 Å². The summed E-state index contributed by atoms with van der Waals surface area (Å²) in [5.41, 5.74) is 2.92. The van der Waals surface area contributed by atoms with Gasteiger partial charge in [-0.1, -0.05) is 138 Å². The Hall–Kier alpha value is -4.48. The number of hydrogen-bond acceptors (Lipinski definition) is 17. The van der Waals surface area contributed by atoms with E-state index in [0.717, 1.165) is 138 Å². The summed E-state index contributed by atoms with van der Waals surface area (Å²) < 4.78 is 33.2. The van der Waals surface area contributed by atoms with Gasteiger partial charge in [-0.2, -0.15) is 31.6 Å². The molecule has 0 radical (unpaired) electrons. The van der Waals surface area contributed by atoms with Crippen LogP contribution in [0.2, 0.25) is 0 Å². The van der Waals surface area contributed by atoms with E-state index < -0.39 is 9.05 Å². The first kappa shape index (κ1) is 108. The monoisotopic (exact) mass is 2050 g/mol. The number of fused-ring (bicyclic) bond motifs is 33. The van der Waals surface area contributed by atoms with Gasteiger partial charge in [0.05, 0.1) is 144 Å². The van der Waals surface area contributed by atoms with Gasteiger partial charge in [-0.3, -0.25) is 0 Å². The van der Waals surface area contributed by atoms with Crippen LogP contribution in [0.4, 0.5) is 0 Å². The molecule has 19 heteroatoms. The summed E-state index contributed by atoms with van der Waals surface area (Å²) in [6.45, 7) is 32.8. The number of ether oxygens (including phenoxy) is 2. The lowest BCUT2D eigenvalue weighted by Crippen LogP contribution is -2.59. The third kappa shape index (κ3) is 17.5. The van der Waals surface area contributed by atoms with Crippen molar-refractivity contribution >= 4 is 19.7 Å². The highest BCUT2D eigenvalue weighted by atomic mass is 35.7. The van der Waals surface area contributed by atoms with Crippen LogP contribution in [0.3, 0.4) is 0 Å². The molecule has 27 rings (SSSR count). The molecule has 0 unspecified atom stereocenters. The molecule has 7 N–H and O–H groups in total. The maximum absolute atomic E-state index is 11.2. The Morgan fingerprint density at radius 1 is 0.320 bits per heavy atom. The Morgan fingerprint density at radius 2 is 0.667 bits per heavy atom. The largest absolute Gasteiger partial charge is 0.393 e. The molecule has 2 heterocycles. The van der Waals surface area contributed by atoms with Gasteiger partial charge in [0, 0.05) is 10.7 Å². The van der Waals surface area contributed by atoms with E-state index in [1.807, 2.05) is 6.92 Å². The smallest absolute Gasteiger partial charge is 0.261 e. The highest BCUT2D eigenvalue weighted by molar-refractivity contribution is 8.13. The normalized spacial score (nSPS) is 55.9. The zero-order valence-electron chi connectivity index (χ0n) is 92.2. The van der Waals surface area contributed by atoms with Crippen molar-refractivity contribution in [3.8, 4) is 36.4 Å². The molecule has 1 aromatic carbocycles. The van der Waals surface area contributed by atoms with Crippen molar-refractivity contribution in [2.75, 3.05) is 0 Å². The fourth-order valence-corrected chi connectivity index (χ4v) is 47.0. The number of aliphatic hydroxyl groups is 7. The van der Waals surface area contributed by atoms with Crippen LogP contribution in [0.1, 0.15) is 378 Å². The Labute approximate surface area is 889 Å². The predicted octanol–water partition coefficient (Wildman–Crippen LogP) is 25.8. The molecule has 0 aromatic heterocycles. The Balaban J connectivity index is 0.000000101. The summed E-state index contributed by atoms with van der Waals surface area (Å²) in [6.07, 6.45) is 60.3. The molecule has 0 amide bonds. The van der Waals surface area contributed by atoms with Crippen molar-refractivity contribution < 1.29 is 53.6 Å². The summed E-state index contributed by atoms with van der Waals surface area (Å²) in [6, 6.07) is 21.8. The number of allylic oxidation sites excluding steroid dienone is 4. The van der Waals surface area contributed by atoms with E-state index in [0.29, 0.717) is 154 Å². The van der Waals surface area contributed by atoms with Crippen molar-refractivity contribution in [2.24, 2.45) is 248 Å². The number of halogens is 1. The highest BCUT2D eigenvalue weighted by Gasteiger charge is 2.73. The molecule has 54 atom stereocenters. The first-order valence-electron chi connectivity index (χ1n) is 60.5. The summed E-state index contributed by atoms with van der Waals surface area (Å²) in [7, 11) is 1.54. The quantitative estimate of drug-likeness (QED) is 0.0780. The summed E-state index contributed by atoms with van der Waals surface area (Å²) in [4.78, 5) is 0.143. The van der Waals surface area contributed by atoms with Gasteiger partial charge in [0.1, 0.15) is 0 Å². The zero-order valence-corrected chi connectivity index (χ0v) is 93.8. The van der Waals surface area contributed by atoms with Crippen LogP contribution in [0.25, 0.3) is 0 Å². The van der Waals surface area contributed by atoms with Crippen molar-refractivity contribution in [2.45, 2.75) is 451 Å². The summed E-state index contributed by atoms with van der Waals surface area (Å²) in [5.74, 6) is 16.3. The van der Waals surface area contributed by atoms with E-state index in [1.54, 1.807) is 12.1 Å². The molecule has 26 aliphatic rings. The van der Waals surface area contributed by atoms with E-state index in [1.165, 1.54) is 185 Å². The number of epoxide rings is 2. The molecule has 0 bridgehead atoms. The molecule has 808 valence electrons. The molecule has 0 spiro atoms. The number of rotatable bonds is 1. The van der Waals surface area contributed by atoms with E-state index in [4.69, 9.17) is 20.2 Å². The number of aryl methyl sites for hydroxylation is 1. The summed E-state index contributed by atoms with van der Waals surface area (Å²) in [5, 5.41) is 134. The number of aliphatic hydroxyl groups excluding tert-OH is 7. The molecule has 24 fully saturated rings. The molecule has 22 saturated carbocycles. The van der Waals surface area contributed by atoms with Gasteiger partial charge in [0.15, 0.2) is 0 Å². The third-order valence-corrected chi connectivity index (χ3v) is 55.0. The standard InChI is InChI=1S/C21H33NO.2C20H29NO2.C20H31NO2.2C20H29NO.C7H7ClO2S/c1-13-8-9-20(2)14(10-13)4-6-16-17-7-5-15(12-22)21(17,3)11-18(23)19(16)20;1-19-8-15(22)18-13(14(19)6-4-12(19)10-21)5-3-11-7-16-17(23-16)9-20(11,18)2;1-19-8-7-16-18(23-16)14(19)6-4-12-13-5-3-11(10-21)20(13,2)9-15(22)17(12)19;1-19-8-7-14(22)9-12(19)3-5-15-16-6-4-13(11-21)20(16,2)10-17(23)18(15)19;2*1-19-10-4-3-5-13(19)6-8-15-16-9-7-14(12-21)20(16,2)11-17(22)18(15)19;1-6-2-4-7(5-3-6)11(8,9)10/h13-19,23H,4-11H2,1-3H3;2*11-18,22H,3-9H2,1-2H3;12-18,22-23H,3-10H2,1-2H3;3,5,13-18,22H,4,6-11H2,1-2H3;3-4,13-18,22H,5-11H2,1-2H3;2-5H,1H3/t13-,14+,15-,16+,17+,18+,19-,20+,21-;11-,12+,13-,14-,15-,16-,17+,18+,19+,20-;11-,12+,13+,14+,15+,16-,17-,18+,19+,20-;12-,13+,14+,15-,16-,17-,18+,19-,20+;2*13-,14-,15+,16+,17+,18-,19+,20-;/m101011./s1. The molecule has 147 heavy (non-hydrogen) atoms. The number of nitriles is 6. The first-order valence-corrected chi connectivity index (χ1v) is 62.9. The van der Waals surface area contributed by atoms with Crippen LogP contribution < -0.4 is 0 Å². The second-order valence-corrected chi connectivity index (χ2v) is 61.8.